The summed E-state index contributed by atoms with van der Waals surface area (Å²) in [6.45, 7) is 10.3. The van der Waals surface area contributed by atoms with E-state index < -0.39 is 17.4 Å². The van der Waals surface area contributed by atoms with Crippen LogP contribution in [0.15, 0.2) is 36.5 Å². The predicted octanol–water partition coefficient (Wildman–Crippen LogP) is 1.85. The van der Waals surface area contributed by atoms with Crippen LogP contribution in [0.4, 0.5) is 27.7 Å². The molecule has 3 amide bonds. The van der Waals surface area contributed by atoms with Gasteiger partial charge in [0, 0.05) is 57.6 Å². The number of primary amides is 2. The third kappa shape index (κ3) is 10.3. The van der Waals surface area contributed by atoms with Crippen molar-refractivity contribution in [3.8, 4) is 5.75 Å². The summed E-state index contributed by atoms with van der Waals surface area (Å²) in [5.41, 5.74) is 24.1. The van der Waals surface area contributed by atoms with Crippen LogP contribution in [0.5, 0.6) is 5.75 Å². The molecule has 2 aromatic rings. The Balaban J connectivity index is 1.48. The first-order valence-corrected chi connectivity index (χ1v) is 14.1. The van der Waals surface area contributed by atoms with Gasteiger partial charge in [0.1, 0.15) is 22.9 Å². The highest BCUT2D eigenvalue weighted by atomic mass is 16.6. The first kappa shape index (κ1) is 32.8. The minimum Gasteiger partial charge on any atom is -0.491 e. The fourth-order valence-electron chi connectivity index (χ4n) is 4.28. The maximum Gasteiger partial charge on any atom is 0.410 e. The lowest BCUT2D eigenvalue weighted by Crippen LogP contribution is -2.50. The maximum absolute atomic E-state index is 12.3. The van der Waals surface area contributed by atoms with E-state index in [1.165, 1.54) is 18.3 Å². The lowest BCUT2D eigenvalue weighted by atomic mass is 10.1. The van der Waals surface area contributed by atoms with E-state index in [0.717, 1.165) is 26.1 Å². The zero-order chi connectivity index (χ0) is 31.6. The Labute approximate surface area is 251 Å². The highest BCUT2D eigenvalue weighted by Crippen LogP contribution is 2.32. The monoisotopic (exact) mass is 597 g/mol. The van der Waals surface area contributed by atoms with Gasteiger partial charge in [0.15, 0.2) is 0 Å². The number of nitrogens with one attached hydrogen (secondary N) is 2. The molecule has 1 aliphatic rings. The molecule has 2 heterocycles. The number of rotatable bonds is 13. The van der Waals surface area contributed by atoms with E-state index in [2.05, 4.69) is 20.5 Å². The number of piperazine rings is 1. The number of carbonyl (C=O) groups excluding carboxylic acids is 3. The fourth-order valence-corrected chi connectivity index (χ4v) is 4.28. The normalized spacial score (nSPS) is 14.0. The van der Waals surface area contributed by atoms with Crippen LogP contribution >= 0.6 is 0 Å². The molecule has 10 N–H and O–H groups in total. The summed E-state index contributed by atoms with van der Waals surface area (Å²) in [5.74, 6) is -0.330. The summed E-state index contributed by atoms with van der Waals surface area (Å²) in [4.78, 5) is 43.5. The zero-order valence-corrected chi connectivity index (χ0v) is 25.0. The third-order valence-electron chi connectivity index (χ3n) is 6.47. The predicted molar refractivity (Wildman–Crippen MR) is 167 cm³/mol. The first-order valence-electron chi connectivity index (χ1n) is 14.1. The van der Waals surface area contributed by atoms with E-state index >= 15 is 0 Å². The van der Waals surface area contributed by atoms with Crippen LogP contribution in [0, 0.1) is 0 Å². The van der Waals surface area contributed by atoms with Crippen molar-refractivity contribution >= 4 is 40.8 Å². The molecule has 43 heavy (non-hydrogen) atoms. The molecule has 0 atom stereocenters. The zero-order valence-electron chi connectivity index (χ0n) is 25.0. The largest absolute Gasteiger partial charge is 0.491 e. The van der Waals surface area contributed by atoms with Crippen molar-refractivity contribution in [1.29, 1.82) is 0 Å². The number of aromatic nitrogens is 1. The average Bonchev–Trinajstić information content (AvgIpc) is 2.93. The number of nitrogens with two attached hydrogens (primary N) is 4. The highest BCUT2D eigenvalue weighted by molar-refractivity contribution is 5.96. The Morgan fingerprint density at radius 3 is 2.16 bits per heavy atom. The van der Waals surface area contributed by atoms with Gasteiger partial charge in [-0.1, -0.05) is 12.2 Å². The van der Waals surface area contributed by atoms with Crippen molar-refractivity contribution in [3.63, 3.8) is 0 Å². The molecule has 0 saturated carbocycles. The molecule has 3 rings (SSSR count). The van der Waals surface area contributed by atoms with Crippen LogP contribution < -0.4 is 38.3 Å². The van der Waals surface area contributed by atoms with Gasteiger partial charge in [-0.3, -0.25) is 14.5 Å². The van der Waals surface area contributed by atoms with Crippen molar-refractivity contribution in [3.05, 3.63) is 47.7 Å². The fraction of sp³-hybridized carbons (Fsp3) is 0.448. The molecule has 0 aliphatic carbocycles. The molecule has 0 spiro atoms. The number of ether oxygens (including phenoxy) is 2. The number of anilines is 4. The minimum atomic E-state index is -0.603. The van der Waals surface area contributed by atoms with Gasteiger partial charge in [-0.05, 0) is 45.4 Å². The van der Waals surface area contributed by atoms with Gasteiger partial charge in [-0.15, -0.1) is 0 Å². The van der Waals surface area contributed by atoms with Gasteiger partial charge in [-0.25, -0.2) is 9.78 Å². The Kier molecular flexibility index (Phi) is 11.4. The number of hydrogen-bond acceptors (Lipinski definition) is 11. The standard InChI is InChI=1S/C29H43N9O5/c1-29(2,3)43-28(41)38-12-10-37(11-13-38)9-6-14-42-23-17-19(25(32)39)15-21(30)24(23)34-7-4-5-8-35-27-22(31)16-20(18-36-27)26(33)40/h4-5,15-18,34H,6-14,30-31H2,1-3H3,(H2,32,39)(H2,33,40)(H,35,36)/b5-4+. The number of carbonyl (C=O) groups is 3. The Bertz CT molecular complexity index is 1320. The van der Waals surface area contributed by atoms with Crippen molar-refractivity contribution < 1.29 is 23.9 Å². The number of hydrogen-bond donors (Lipinski definition) is 6. The van der Waals surface area contributed by atoms with Crippen LogP contribution in [0.3, 0.4) is 0 Å². The Hall–Kier alpha value is -4.72. The topological polar surface area (TPSA) is 217 Å². The minimum absolute atomic E-state index is 0.235. The van der Waals surface area contributed by atoms with Gasteiger partial charge in [0.25, 0.3) is 0 Å². The van der Waals surface area contributed by atoms with Crippen LogP contribution in [0.2, 0.25) is 0 Å². The van der Waals surface area contributed by atoms with E-state index in [9.17, 15) is 14.4 Å². The molecule has 0 radical (unpaired) electrons. The van der Waals surface area contributed by atoms with E-state index in [1.54, 1.807) is 11.0 Å². The van der Waals surface area contributed by atoms with Crippen molar-refractivity contribution in [2.75, 3.05) is 74.5 Å². The van der Waals surface area contributed by atoms with Crippen molar-refractivity contribution in [1.82, 2.24) is 14.8 Å². The molecule has 1 fully saturated rings. The second-order valence-corrected chi connectivity index (χ2v) is 11.1. The SMILES string of the molecule is CC(C)(C)OC(=O)N1CCN(CCCOc2cc(C(N)=O)cc(N)c2NC/C=C/CNc2ncc(C(N)=O)cc2N)CC1. The highest BCUT2D eigenvalue weighted by Gasteiger charge is 2.25. The van der Waals surface area contributed by atoms with Crippen molar-refractivity contribution in [2.45, 2.75) is 32.8 Å². The van der Waals surface area contributed by atoms with Gasteiger partial charge in [0.2, 0.25) is 11.8 Å². The first-order chi connectivity index (χ1) is 20.3. The average molecular weight is 598 g/mol. The Morgan fingerprint density at radius 2 is 1.56 bits per heavy atom. The third-order valence-corrected chi connectivity index (χ3v) is 6.47. The second kappa shape index (κ2) is 15.0. The van der Waals surface area contributed by atoms with E-state index in [0.29, 0.717) is 61.4 Å². The number of pyridine rings is 1. The van der Waals surface area contributed by atoms with Crippen LogP contribution in [0.1, 0.15) is 47.9 Å². The van der Waals surface area contributed by atoms with E-state index in [4.69, 9.17) is 32.4 Å². The quantitative estimate of drug-likeness (QED) is 0.111. The molecule has 234 valence electrons. The number of nitrogens with zero attached hydrogens (tertiary/aromatic N) is 3. The molecule has 1 aliphatic heterocycles. The summed E-state index contributed by atoms with van der Waals surface area (Å²) < 4.78 is 11.5. The molecular weight excluding hydrogens is 554 g/mol. The molecule has 0 bridgehead atoms. The van der Waals surface area contributed by atoms with Gasteiger partial charge >= 0.3 is 6.09 Å². The summed E-state index contributed by atoms with van der Waals surface area (Å²) in [6.07, 6.45) is 5.55. The smallest absolute Gasteiger partial charge is 0.410 e. The molecular formula is C29H43N9O5. The number of benzene rings is 1. The molecule has 14 heteroatoms. The van der Waals surface area contributed by atoms with Crippen molar-refractivity contribution in [2.24, 2.45) is 11.5 Å². The number of nitrogen functional groups attached to an aromatic ring is 2. The van der Waals surface area contributed by atoms with E-state index in [-0.39, 0.29) is 17.2 Å². The summed E-state index contributed by atoms with van der Waals surface area (Å²) in [5, 5.41) is 6.30. The number of amides is 3. The molecule has 0 unspecified atom stereocenters. The molecule has 1 saturated heterocycles. The summed E-state index contributed by atoms with van der Waals surface area (Å²) in [6, 6.07) is 4.56. The lowest BCUT2D eigenvalue weighted by Gasteiger charge is -2.35. The van der Waals surface area contributed by atoms with Crippen LogP contribution in [-0.4, -0.2) is 90.7 Å². The second-order valence-electron chi connectivity index (χ2n) is 11.1. The molecule has 14 nitrogen and oxygen atoms in total. The lowest BCUT2D eigenvalue weighted by molar-refractivity contribution is 0.0142. The van der Waals surface area contributed by atoms with E-state index in [1.807, 2.05) is 32.9 Å². The van der Waals surface area contributed by atoms with Gasteiger partial charge in [0.05, 0.1) is 23.5 Å². The Morgan fingerprint density at radius 1 is 0.930 bits per heavy atom. The van der Waals surface area contributed by atoms with Gasteiger partial charge in [-0.2, -0.15) is 0 Å². The molecule has 1 aromatic heterocycles. The van der Waals surface area contributed by atoms with Crippen LogP contribution in [0.25, 0.3) is 0 Å². The molecule has 1 aromatic carbocycles. The summed E-state index contributed by atoms with van der Waals surface area (Å²) in [7, 11) is 0. The van der Waals surface area contributed by atoms with Gasteiger partial charge < -0.3 is 47.9 Å². The maximum atomic E-state index is 12.3. The van der Waals surface area contributed by atoms with Crippen LogP contribution in [-0.2, 0) is 4.74 Å². The summed E-state index contributed by atoms with van der Waals surface area (Å²) >= 11 is 0.